The van der Waals surface area contributed by atoms with Gasteiger partial charge in [0.15, 0.2) is 5.78 Å². The summed E-state index contributed by atoms with van der Waals surface area (Å²) in [6, 6.07) is 12.0. The lowest BCUT2D eigenvalue weighted by Gasteiger charge is -2.21. The van der Waals surface area contributed by atoms with Gasteiger partial charge >= 0.3 is 5.97 Å². The molecule has 1 aliphatic rings. The monoisotopic (exact) mass is 398 g/mol. The van der Waals surface area contributed by atoms with Crippen molar-refractivity contribution in [3.8, 4) is 5.75 Å². The minimum absolute atomic E-state index is 0.184. The number of Topliss-reactive ketones (excluding diaryl/α,β-unsaturated/α-hetero) is 1. The number of ether oxygens (including phenoxy) is 2. The number of esters is 1. The van der Waals surface area contributed by atoms with E-state index >= 15 is 0 Å². The molecule has 3 rings (SSSR count). The predicted molar refractivity (Wildman–Crippen MR) is 100 cm³/mol. The van der Waals surface area contributed by atoms with Crippen molar-refractivity contribution < 1.29 is 28.8 Å². The first-order valence-corrected chi connectivity index (χ1v) is 8.76. The zero-order valence-electron chi connectivity index (χ0n) is 15.6. The summed E-state index contributed by atoms with van der Waals surface area (Å²) in [6.07, 6.45) is -0.184. The van der Waals surface area contributed by atoms with E-state index in [1.807, 2.05) is 30.3 Å². The van der Waals surface area contributed by atoms with Crippen LogP contribution in [0.25, 0.3) is 0 Å². The fraction of sp³-hybridized carbons (Fsp3) is 0.250. The minimum atomic E-state index is -1.10. The molecule has 9 nitrogen and oxygen atoms in total. The van der Waals surface area contributed by atoms with Gasteiger partial charge in [-0.1, -0.05) is 30.3 Å². The van der Waals surface area contributed by atoms with Crippen molar-refractivity contribution in [3.63, 3.8) is 0 Å². The van der Waals surface area contributed by atoms with Gasteiger partial charge in [-0.2, -0.15) is 0 Å². The molecule has 1 amide bonds. The van der Waals surface area contributed by atoms with Crippen molar-refractivity contribution in [2.75, 3.05) is 13.7 Å². The van der Waals surface area contributed by atoms with E-state index in [1.54, 1.807) is 0 Å². The van der Waals surface area contributed by atoms with E-state index in [2.05, 4.69) is 4.74 Å². The molecule has 0 bridgehead atoms. The van der Waals surface area contributed by atoms with E-state index in [4.69, 9.17) is 4.74 Å². The fourth-order valence-electron chi connectivity index (χ4n) is 3.08. The lowest BCUT2D eigenvalue weighted by Crippen LogP contribution is -2.41. The number of carbonyl (C=O) groups is 3. The second-order valence-corrected chi connectivity index (χ2v) is 6.43. The van der Waals surface area contributed by atoms with Crippen LogP contribution >= 0.6 is 0 Å². The Morgan fingerprint density at radius 1 is 1.21 bits per heavy atom. The third kappa shape index (κ3) is 4.40. The molecular formula is C20H18N2O7. The number of nitro benzene ring substituents is 1. The van der Waals surface area contributed by atoms with Gasteiger partial charge in [0.1, 0.15) is 24.0 Å². The highest BCUT2D eigenvalue weighted by Gasteiger charge is 2.41. The van der Waals surface area contributed by atoms with Crippen molar-refractivity contribution in [2.24, 2.45) is 0 Å². The SMILES string of the molecule is COC(=O)[C@H]1CC(=O)CN1C(=O)c1cc(OCc2ccccc2)ccc1[N+](=O)[O-]. The molecule has 1 saturated heterocycles. The van der Waals surface area contributed by atoms with Crippen LogP contribution in [0.1, 0.15) is 22.3 Å². The largest absolute Gasteiger partial charge is 0.489 e. The number of methoxy groups -OCH3 is 1. The maximum atomic E-state index is 13.0. The van der Waals surface area contributed by atoms with Crippen LogP contribution in [0.4, 0.5) is 5.69 Å². The molecule has 9 heteroatoms. The molecule has 1 aliphatic heterocycles. The second-order valence-electron chi connectivity index (χ2n) is 6.43. The molecule has 1 atom stereocenters. The lowest BCUT2D eigenvalue weighted by molar-refractivity contribution is -0.385. The van der Waals surface area contributed by atoms with Crippen LogP contribution in [0.3, 0.4) is 0 Å². The van der Waals surface area contributed by atoms with Crippen molar-refractivity contribution in [2.45, 2.75) is 19.1 Å². The van der Waals surface area contributed by atoms with Crippen LogP contribution in [0.2, 0.25) is 0 Å². The zero-order chi connectivity index (χ0) is 21.0. The van der Waals surface area contributed by atoms with E-state index in [0.717, 1.165) is 17.6 Å². The number of nitro groups is 1. The Kier molecular flexibility index (Phi) is 5.87. The van der Waals surface area contributed by atoms with Gasteiger partial charge in [-0.05, 0) is 17.7 Å². The molecule has 0 spiro atoms. The van der Waals surface area contributed by atoms with Crippen molar-refractivity contribution >= 4 is 23.3 Å². The van der Waals surface area contributed by atoms with E-state index in [1.165, 1.54) is 18.2 Å². The number of rotatable bonds is 6. The Hall–Kier alpha value is -3.75. The fourth-order valence-corrected chi connectivity index (χ4v) is 3.08. The van der Waals surface area contributed by atoms with Gasteiger partial charge in [0.2, 0.25) is 0 Å². The number of benzene rings is 2. The molecular weight excluding hydrogens is 380 g/mol. The van der Waals surface area contributed by atoms with Crippen LogP contribution in [-0.4, -0.2) is 47.2 Å². The van der Waals surface area contributed by atoms with E-state index in [9.17, 15) is 24.5 Å². The second kappa shape index (κ2) is 8.51. The third-order valence-corrected chi connectivity index (χ3v) is 4.52. The molecule has 0 saturated carbocycles. The lowest BCUT2D eigenvalue weighted by atomic mass is 10.1. The van der Waals surface area contributed by atoms with E-state index in [-0.39, 0.29) is 36.7 Å². The first kappa shape index (κ1) is 20.0. The number of amides is 1. The molecule has 0 aliphatic carbocycles. The van der Waals surface area contributed by atoms with Crippen LogP contribution in [-0.2, 0) is 20.9 Å². The first-order valence-electron chi connectivity index (χ1n) is 8.76. The Morgan fingerprint density at radius 2 is 1.93 bits per heavy atom. The van der Waals surface area contributed by atoms with Crippen LogP contribution in [0.15, 0.2) is 48.5 Å². The van der Waals surface area contributed by atoms with Crippen LogP contribution < -0.4 is 4.74 Å². The molecule has 0 aromatic heterocycles. The summed E-state index contributed by atoms with van der Waals surface area (Å²) in [5, 5.41) is 11.4. The van der Waals surface area contributed by atoms with Gasteiger partial charge in [-0.15, -0.1) is 0 Å². The first-order chi connectivity index (χ1) is 13.9. The zero-order valence-corrected chi connectivity index (χ0v) is 15.6. The molecule has 2 aromatic carbocycles. The van der Waals surface area contributed by atoms with Gasteiger partial charge in [0.25, 0.3) is 11.6 Å². The smallest absolute Gasteiger partial charge is 0.329 e. The maximum Gasteiger partial charge on any atom is 0.329 e. The molecule has 0 N–H and O–H groups in total. The minimum Gasteiger partial charge on any atom is -0.489 e. The quantitative estimate of drug-likeness (QED) is 0.416. The number of carbonyl (C=O) groups excluding carboxylic acids is 3. The Labute approximate surface area is 166 Å². The Bertz CT molecular complexity index is 959. The topological polar surface area (TPSA) is 116 Å². The summed E-state index contributed by atoms with van der Waals surface area (Å²) >= 11 is 0. The van der Waals surface area contributed by atoms with E-state index in [0.29, 0.717) is 0 Å². The van der Waals surface area contributed by atoms with E-state index < -0.39 is 28.5 Å². The van der Waals surface area contributed by atoms with Crippen molar-refractivity contribution in [1.82, 2.24) is 4.90 Å². The van der Waals surface area contributed by atoms with Crippen LogP contribution in [0, 0.1) is 10.1 Å². The summed E-state index contributed by atoms with van der Waals surface area (Å²) in [7, 11) is 1.15. The molecule has 1 fully saturated rings. The van der Waals surface area contributed by atoms with Gasteiger partial charge in [-0.25, -0.2) is 4.79 Å². The Morgan fingerprint density at radius 3 is 2.59 bits per heavy atom. The number of likely N-dealkylation sites (tertiary alicyclic amines) is 1. The molecule has 2 aromatic rings. The molecule has 0 unspecified atom stereocenters. The number of hydrogen-bond donors (Lipinski definition) is 0. The standard InChI is InChI=1S/C20H18N2O7/c1-28-20(25)18-9-14(23)11-21(18)19(24)16-10-15(7-8-17(16)22(26)27)29-12-13-5-3-2-4-6-13/h2-8,10,18H,9,11-12H2,1H3/t18-/m1/s1. The molecule has 1 heterocycles. The van der Waals surface area contributed by atoms with Crippen molar-refractivity contribution in [3.05, 3.63) is 69.8 Å². The summed E-state index contributed by atoms with van der Waals surface area (Å²) < 4.78 is 10.3. The number of ketones is 1. The normalized spacial score (nSPS) is 15.8. The Balaban J connectivity index is 1.89. The maximum absolute atomic E-state index is 13.0. The highest BCUT2D eigenvalue weighted by Crippen LogP contribution is 2.28. The molecule has 0 radical (unpaired) electrons. The summed E-state index contributed by atoms with van der Waals surface area (Å²) in [4.78, 5) is 48.4. The summed E-state index contributed by atoms with van der Waals surface area (Å²) in [5.74, 6) is -1.62. The third-order valence-electron chi connectivity index (χ3n) is 4.52. The summed E-state index contributed by atoms with van der Waals surface area (Å²) in [6.45, 7) is -0.107. The highest BCUT2D eigenvalue weighted by atomic mass is 16.6. The molecule has 29 heavy (non-hydrogen) atoms. The predicted octanol–water partition coefficient (Wildman–Crippen LogP) is 2.13. The van der Waals surface area contributed by atoms with Gasteiger partial charge in [0, 0.05) is 12.5 Å². The van der Waals surface area contributed by atoms with Crippen LogP contribution in [0.5, 0.6) is 5.75 Å². The van der Waals surface area contributed by atoms with Gasteiger partial charge < -0.3 is 14.4 Å². The highest BCUT2D eigenvalue weighted by molar-refractivity contribution is 6.05. The van der Waals surface area contributed by atoms with Gasteiger partial charge in [-0.3, -0.25) is 19.7 Å². The van der Waals surface area contributed by atoms with Crippen molar-refractivity contribution in [1.29, 1.82) is 0 Å². The summed E-state index contributed by atoms with van der Waals surface area (Å²) in [5.41, 5.74) is 0.184. The average Bonchev–Trinajstić information content (AvgIpc) is 3.13. The molecule has 150 valence electrons. The van der Waals surface area contributed by atoms with Gasteiger partial charge in [0.05, 0.1) is 18.6 Å². The number of nitrogens with zero attached hydrogens (tertiary/aromatic N) is 2. The number of hydrogen-bond acceptors (Lipinski definition) is 7. The average molecular weight is 398 g/mol.